The Kier molecular flexibility index (Phi) is 7.90. The van der Waals surface area contributed by atoms with Crippen molar-refractivity contribution in [3.05, 3.63) is 103 Å². The van der Waals surface area contributed by atoms with Gasteiger partial charge in [0.25, 0.3) is 5.56 Å². The van der Waals surface area contributed by atoms with E-state index in [2.05, 4.69) is 10.7 Å². The summed E-state index contributed by atoms with van der Waals surface area (Å²) in [6.45, 7) is 2.38. The van der Waals surface area contributed by atoms with Crippen molar-refractivity contribution in [2.45, 2.75) is 33.0 Å². The van der Waals surface area contributed by atoms with Crippen molar-refractivity contribution < 1.29 is 9.18 Å². The Balaban J connectivity index is 1.70. The predicted octanol–water partition coefficient (Wildman–Crippen LogP) is 3.66. The van der Waals surface area contributed by atoms with E-state index in [1.807, 2.05) is 6.07 Å². The molecule has 0 radical (unpaired) electrons. The first-order valence-corrected chi connectivity index (χ1v) is 10.7. The summed E-state index contributed by atoms with van der Waals surface area (Å²) in [5.41, 5.74) is 11.3. The van der Waals surface area contributed by atoms with Crippen molar-refractivity contribution in [2.75, 3.05) is 5.43 Å². The van der Waals surface area contributed by atoms with E-state index in [4.69, 9.17) is 28.9 Å². The van der Waals surface area contributed by atoms with Crippen molar-refractivity contribution in [1.29, 1.82) is 0 Å². The Morgan fingerprint density at radius 1 is 1.03 bits per heavy atom. The molecular formula is C23H23Cl2FN4O2. The number of nitrogens with zero attached hydrogens (tertiary/aromatic N) is 1. The molecule has 2 aromatic carbocycles. The highest BCUT2D eigenvalue weighted by Crippen LogP contribution is 2.16. The van der Waals surface area contributed by atoms with Crippen molar-refractivity contribution in [3.63, 3.8) is 0 Å². The van der Waals surface area contributed by atoms with Crippen LogP contribution in [0.5, 0.6) is 0 Å². The molecule has 0 aliphatic carbocycles. The first-order valence-electron chi connectivity index (χ1n) is 9.91. The van der Waals surface area contributed by atoms with E-state index in [0.717, 1.165) is 11.1 Å². The molecule has 3 aromatic rings. The number of benzene rings is 2. The summed E-state index contributed by atoms with van der Waals surface area (Å²) in [4.78, 5) is 25.4. The molecule has 0 atom stereocenters. The number of aromatic nitrogens is 1. The molecule has 6 nitrogen and oxygen atoms in total. The van der Waals surface area contributed by atoms with E-state index in [0.29, 0.717) is 33.3 Å². The second kappa shape index (κ2) is 10.6. The molecule has 0 aliphatic heterocycles. The minimum atomic E-state index is -0.431. The second-order valence-corrected chi connectivity index (χ2v) is 8.17. The lowest BCUT2D eigenvalue weighted by molar-refractivity contribution is -0.120. The molecule has 3 rings (SSSR count). The summed E-state index contributed by atoms with van der Waals surface area (Å²) in [6, 6.07) is 11.2. The third-order valence-corrected chi connectivity index (χ3v) is 5.55. The van der Waals surface area contributed by atoms with Gasteiger partial charge in [0.05, 0.1) is 13.0 Å². The number of nitrogens with two attached hydrogens (primary N) is 1. The Hall–Kier alpha value is -2.87. The molecule has 0 fully saturated rings. The average molecular weight is 477 g/mol. The van der Waals surface area contributed by atoms with Gasteiger partial charge in [0.2, 0.25) is 5.91 Å². The van der Waals surface area contributed by atoms with Crippen LogP contribution in [0.2, 0.25) is 10.0 Å². The van der Waals surface area contributed by atoms with Gasteiger partial charge in [-0.25, -0.2) is 9.07 Å². The number of carbonyl (C=O) groups is 1. The standard InChI is InChI=1S/C23H23Cl2FN4O2/c1-14-6-7-30(29-13-17-9-19(25)4-5-21(17)26)23(32)20(14)10-22(31)28-12-16-8-18(24)3-2-15(16)11-27/h2-9,29H,10-13,27H2,1H3,(H,28,31). The predicted molar refractivity (Wildman–Crippen MR) is 125 cm³/mol. The molecule has 0 bridgehead atoms. The van der Waals surface area contributed by atoms with Crippen LogP contribution in [0.15, 0.2) is 53.5 Å². The molecule has 32 heavy (non-hydrogen) atoms. The molecule has 0 saturated heterocycles. The maximum absolute atomic E-state index is 13.9. The number of amides is 1. The number of halogens is 3. The van der Waals surface area contributed by atoms with Crippen LogP contribution in [-0.2, 0) is 30.8 Å². The SMILES string of the molecule is Cc1ccn(NCc2cc(Cl)ccc2F)c(=O)c1CC(=O)NCc1cc(Cl)ccc1CN. The van der Waals surface area contributed by atoms with E-state index < -0.39 is 5.82 Å². The molecule has 0 spiro atoms. The molecule has 0 saturated carbocycles. The lowest BCUT2D eigenvalue weighted by atomic mass is 10.1. The fourth-order valence-corrected chi connectivity index (χ4v) is 3.62. The quantitative estimate of drug-likeness (QED) is 0.462. The van der Waals surface area contributed by atoms with E-state index in [1.165, 1.54) is 22.9 Å². The van der Waals surface area contributed by atoms with E-state index in [1.54, 1.807) is 31.3 Å². The van der Waals surface area contributed by atoms with Crippen LogP contribution in [0, 0.1) is 12.7 Å². The number of hydrogen-bond acceptors (Lipinski definition) is 4. The fourth-order valence-electron chi connectivity index (χ4n) is 3.23. The van der Waals surface area contributed by atoms with E-state index in [-0.39, 0.29) is 31.0 Å². The molecule has 0 aliphatic rings. The number of nitrogens with one attached hydrogen (secondary N) is 2. The Morgan fingerprint density at radius 3 is 2.44 bits per heavy atom. The number of pyridine rings is 1. The number of carbonyl (C=O) groups excluding carboxylic acids is 1. The summed E-state index contributed by atoms with van der Waals surface area (Å²) < 4.78 is 15.2. The van der Waals surface area contributed by atoms with Gasteiger partial charge in [0.15, 0.2) is 0 Å². The summed E-state index contributed by atoms with van der Waals surface area (Å²) in [5.74, 6) is -0.744. The smallest absolute Gasteiger partial charge is 0.272 e. The highest BCUT2D eigenvalue weighted by molar-refractivity contribution is 6.30. The number of aryl methyl sites for hydroxylation is 1. The van der Waals surface area contributed by atoms with Crippen LogP contribution in [0.25, 0.3) is 0 Å². The van der Waals surface area contributed by atoms with Crippen LogP contribution in [0.4, 0.5) is 4.39 Å². The summed E-state index contributed by atoms with van der Waals surface area (Å²) in [7, 11) is 0. The zero-order valence-corrected chi connectivity index (χ0v) is 18.9. The van der Waals surface area contributed by atoms with Gasteiger partial charge < -0.3 is 16.5 Å². The number of hydrogen-bond donors (Lipinski definition) is 3. The average Bonchev–Trinajstić information content (AvgIpc) is 2.77. The lowest BCUT2D eigenvalue weighted by Crippen LogP contribution is -2.34. The third kappa shape index (κ3) is 5.88. The molecule has 1 aromatic heterocycles. The monoisotopic (exact) mass is 476 g/mol. The molecule has 1 heterocycles. The zero-order chi connectivity index (χ0) is 23.3. The van der Waals surface area contributed by atoms with E-state index >= 15 is 0 Å². The van der Waals surface area contributed by atoms with Gasteiger partial charge in [-0.3, -0.25) is 9.59 Å². The normalized spacial score (nSPS) is 10.8. The largest absolute Gasteiger partial charge is 0.352 e. The molecular weight excluding hydrogens is 454 g/mol. The fraction of sp³-hybridized carbons (Fsp3) is 0.217. The van der Waals surface area contributed by atoms with Crippen LogP contribution in [0.3, 0.4) is 0 Å². The Bertz CT molecular complexity index is 1200. The Morgan fingerprint density at radius 2 is 1.72 bits per heavy atom. The summed E-state index contributed by atoms with van der Waals surface area (Å²) in [6.07, 6.45) is 1.44. The topological polar surface area (TPSA) is 89.2 Å². The zero-order valence-electron chi connectivity index (χ0n) is 17.4. The van der Waals surface area contributed by atoms with Gasteiger partial charge in [0, 0.05) is 40.5 Å². The van der Waals surface area contributed by atoms with Gasteiger partial charge >= 0.3 is 0 Å². The van der Waals surface area contributed by atoms with E-state index in [9.17, 15) is 14.0 Å². The van der Waals surface area contributed by atoms with Crippen LogP contribution in [-0.4, -0.2) is 10.6 Å². The van der Waals surface area contributed by atoms with Crippen LogP contribution < -0.4 is 22.0 Å². The van der Waals surface area contributed by atoms with Gasteiger partial charge in [-0.05, 0) is 60.0 Å². The minimum Gasteiger partial charge on any atom is -0.352 e. The molecule has 168 valence electrons. The Labute approximate surface area is 195 Å². The first kappa shape index (κ1) is 23.8. The van der Waals surface area contributed by atoms with Crippen LogP contribution in [0.1, 0.15) is 27.8 Å². The molecule has 1 amide bonds. The van der Waals surface area contributed by atoms with Gasteiger partial charge in [-0.2, -0.15) is 0 Å². The highest BCUT2D eigenvalue weighted by atomic mass is 35.5. The van der Waals surface area contributed by atoms with Crippen molar-refractivity contribution in [3.8, 4) is 0 Å². The highest BCUT2D eigenvalue weighted by Gasteiger charge is 2.13. The molecule has 9 heteroatoms. The van der Waals surface area contributed by atoms with Crippen molar-refractivity contribution in [2.24, 2.45) is 5.73 Å². The van der Waals surface area contributed by atoms with Gasteiger partial charge in [-0.15, -0.1) is 0 Å². The van der Waals surface area contributed by atoms with Gasteiger partial charge in [-0.1, -0.05) is 29.3 Å². The van der Waals surface area contributed by atoms with Crippen LogP contribution >= 0.6 is 23.2 Å². The third-order valence-electron chi connectivity index (χ3n) is 5.08. The molecule has 4 N–H and O–H groups in total. The minimum absolute atomic E-state index is 0.0532. The molecule has 0 unspecified atom stereocenters. The maximum Gasteiger partial charge on any atom is 0.272 e. The maximum atomic E-state index is 13.9. The van der Waals surface area contributed by atoms with Crippen molar-refractivity contribution >= 4 is 29.1 Å². The second-order valence-electron chi connectivity index (χ2n) is 7.29. The number of rotatable bonds is 8. The lowest BCUT2D eigenvalue weighted by Gasteiger charge is -2.14. The summed E-state index contributed by atoms with van der Waals surface area (Å²) >= 11 is 11.9. The summed E-state index contributed by atoms with van der Waals surface area (Å²) in [5, 5.41) is 3.76. The first-order chi connectivity index (χ1) is 15.3. The van der Waals surface area contributed by atoms with Gasteiger partial charge in [0.1, 0.15) is 5.82 Å². The van der Waals surface area contributed by atoms with Crippen molar-refractivity contribution in [1.82, 2.24) is 9.99 Å².